The summed E-state index contributed by atoms with van der Waals surface area (Å²) in [6.07, 6.45) is 4.72. The second-order valence-corrected chi connectivity index (χ2v) is 9.02. The van der Waals surface area contributed by atoms with Gasteiger partial charge in [0.2, 0.25) is 5.91 Å². The highest BCUT2D eigenvalue weighted by atomic mass is 32.2. The predicted molar refractivity (Wildman–Crippen MR) is 132 cm³/mol. The fourth-order valence-corrected chi connectivity index (χ4v) is 4.85. The summed E-state index contributed by atoms with van der Waals surface area (Å²) < 4.78 is 0. The van der Waals surface area contributed by atoms with E-state index < -0.39 is 0 Å². The molecule has 0 spiro atoms. The van der Waals surface area contributed by atoms with Crippen LogP contribution < -0.4 is 0 Å². The molecule has 1 heterocycles. The highest BCUT2D eigenvalue weighted by Crippen LogP contribution is 2.33. The Morgan fingerprint density at radius 2 is 1.81 bits per heavy atom. The average Bonchev–Trinajstić information content (AvgIpc) is 3.08. The fourth-order valence-electron chi connectivity index (χ4n) is 3.70. The molecule has 0 radical (unpaired) electrons. The fraction of sp³-hybridized carbons (Fsp3) is 0.269. The van der Waals surface area contributed by atoms with Gasteiger partial charge in [-0.2, -0.15) is 5.10 Å². The lowest BCUT2D eigenvalue weighted by Gasteiger charge is -2.17. The third kappa shape index (κ3) is 5.05. The molecule has 31 heavy (non-hydrogen) atoms. The van der Waals surface area contributed by atoms with E-state index in [0.717, 1.165) is 30.4 Å². The molecule has 3 aromatic rings. The van der Waals surface area contributed by atoms with Gasteiger partial charge in [0.15, 0.2) is 5.17 Å². The zero-order valence-electron chi connectivity index (χ0n) is 18.0. The molecule has 1 atom stereocenters. The van der Waals surface area contributed by atoms with Crippen LogP contribution in [0.25, 0.3) is 10.8 Å². The number of carbonyl (C=O) groups is 1. The summed E-state index contributed by atoms with van der Waals surface area (Å²) in [6, 6.07) is 22.7. The van der Waals surface area contributed by atoms with Crippen LogP contribution in [0.1, 0.15) is 42.9 Å². The first-order valence-corrected chi connectivity index (χ1v) is 11.7. The quantitative estimate of drug-likeness (QED) is 0.333. The third-order valence-corrected chi connectivity index (χ3v) is 6.71. The van der Waals surface area contributed by atoms with Gasteiger partial charge in [-0.25, -0.2) is 0 Å². The molecule has 1 fully saturated rings. The number of amides is 1. The van der Waals surface area contributed by atoms with Gasteiger partial charge >= 0.3 is 0 Å². The molecule has 4 rings (SSSR count). The van der Waals surface area contributed by atoms with Gasteiger partial charge in [-0.1, -0.05) is 104 Å². The minimum atomic E-state index is -0.0803. The third-order valence-electron chi connectivity index (χ3n) is 5.48. The number of hydrogen-bond acceptors (Lipinski definition) is 4. The van der Waals surface area contributed by atoms with E-state index in [1.165, 1.54) is 16.3 Å². The van der Waals surface area contributed by atoms with Crippen LogP contribution in [0.2, 0.25) is 0 Å². The molecule has 5 heteroatoms. The van der Waals surface area contributed by atoms with E-state index in [-0.39, 0.29) is 11.2 Å². The van der Waals surface area contributed by atoms with Crippen molar-refractivity contribution in [2.24, 2.45) is 10.2 Å². The number of hydrogen-bond donors (Lipinski definition) is 0. The molecule has 1 unspecified atom stereocenters. The predicted octanol–water partition coefficient (Wildman–Crippen LogP) is 6.17. The number of fused-ring (bicyclic) bond motifs is 1. The highest BCUT2D eigenvalue weighted by molar-refractivity contribution is 8.15. The molecule has 4 nitrogen and oxygen atoms in total. The Morgan fingerprint density at radius 3 is 2.61 bits per heavy atom. The molecule has 0 aliphatic carbocycles. The molecule has 0 bridgehead atoms. The van der Waals surface area contributed by atoms with Gasteiger partial charge in [0.05, 0.1) is 18.0 Å². The molecular formula is C26H27N3OS. The molecule has 158 valence electrons. The van der Waals surface area contributed by atoms with Gasteiger partial charge in [0.25, 0.3) is 0 Å². The van der Waals surface area contributed by atoms with Gasteiger partial charge in [0.1, 0.15) is 0 Å². The van der Waals surface area contributed by atoms with Gasteiger partial charge < -0.3 is 0 Å². The number of amidine groups is 1. The van der Waals surface area contributed by atoms with Crippen molar-refractivity contribution in [3.8, 4) is 0 Å². The number of nitrogens with zero attached hydrogens (tertiary/aromatic N) is 3. The topological polar surface area (TPSA) is 45.0 Å². The summed E-state index contributed by atoms with van der Waals surface area (Å²) in [5.41, 5.74) is 3.33. The number of carbonyl (C=O) groups excluding carboxylic acids is 1. The normalized spacial score (nSPS) is 18.0. The largest absolute Gasteiger partial charge is 0.284 e. The standard InChI is InChI=1S/C26H27N3OS/c1-3-4-12-24-25(30)29(18-22-10-7-9-21-8-5-6-11-23(21)22)26(31-24)28-27-17-20-15-13-19(2)14-16-20/h5-11,13-17,24H,3-4,12,18H2,1-2H3. The molecular weight excluding hydrogens is 402 g/mol. The van der Waals surface area contributed by atoms with Crippen LogP contribution in [-0.4, -0.2) is 27.4 Å². The number of benzene rings is 3. The Hall–Kier alpha value is -2.92. The van der Waals surface area contributed by atoms with Crippen molar-refractivity contribution >= 4 is 39.8 Å². The van der Waals surface area contributed by atoms with Crippen molar-refractivity contribution in [1.82, 2.24) is 4.90 Å². The summed E-state index contributed by atoms with van der Waals surface area (Å²) >= 11 is 1.54. The van der Waals surface area contributed by atoms with E-state index >= 15 is 0 Å². The monoisotopic (exact) mass is 429 g/mol. The van der Waals surface area contributed by atoms with E-state index in [4.69, 9.17) is 0 Å². The second kappa shape index (κ2) is 9.92. The van der Waals surface area contributed by atoms with E-state index in [0.29, 0.717) is 11.7 Å². The Morgan fingerprint density at radius 1 is 1.03 bits per heavy atom. The molecule has 0 aromatic heterocycles. The Balaban J connectivity index is 1.61. The van der Waals surface area contributed by atoms with Gasteiger partial charge in [-0.3, -0.25) is 9.69 Å². The first kappa shape index (κ1) is 21.3. The minimum absolute atomic E-state index is 0.0803. The average molecular weight is 430 g/mol. The second-order valence-electron chi connectivity index (χ2n) is 7.85. The lowest BCUT2D eigenvalue weighted by Crippen LogP contribution is -2.31. The van der Waals surface area contributed by atoms with Crippen LogP contribution in [0.5, 0.6) is 0 Å². The lowest BCUT2D eigenvalue weighted by molar-refractivity contribution is -0.126. The van der Waals surface area contributed by atoms with Gasteiger partial charge in [0, 0.05) is 0 Å². The summed E-state index contributed by atoms with van der Waals surface area (Å²) in [4.78, 5) is 15.0. The van der Waals surface area contributed by atoms with Crippen LogP contribution in [0.15, 0.2) is 76.9 Å². The highest BCUT2D eigenvalue weighted by Gasteiger charge is 2.37. The number of thioether (sulfide) groups is 1. The minimum Gasteiger partial charge on any atom is -0.284 e. The van der Waals surface area contributed by atoms with Crippen molar-refractivity contribution in [1.29, 1.82) is 0 Å². The zero-order valence-corrected chi connectivity index (χ0v) is 18.8. The van der Waals surface area contributed by atoms with Crippen molar-refractivity contribution < 1.29 is 4.79 Å². The first-order chi connectivity index (χ1) is 15.2. The summed E-state index contributed by atoms with van der Waals surface area (Å²) in [5.74, 6) is 0.135. The van der Waals surface area contributed by atoms with Gasteiger partial charge in [-0.15, -0.1) is 5.10 Å². The van der Waals surface area contributed by atoms with Crippen LogP contribution in [0.3, 0.4) is 0 Å². The molecule has 1 amide bonds. The molecule has 0 saturated carbocycles. The van der Waals surface area contributed by atoms with Crippen LogP contribution in [0, 0.1) is 6.92 Å². The van der Waals surface area contributed by atoms with Crippen molar-refractivity contribution in [2.75, 3.05) is 0 Å². The number of aryl methyl sites for hydroxylation is 1. The molecule has 1 saturated heterocycles. The van der Waals surface area contributed by atoms with E-state index in [1.54, 1.807) is 22.9 Å². The maximum absolute atomic E-state index is 13.2. The van der Waals surface area contributed by atoms with Crippen molar-refractivity contribution in [2.45, 2.75) is 44.9 Å². The maximum Gasteiger partial charge on any atom is 0.242 e. The smallest absolute Gasteiger partial charge is 0.242 e. The Bertz CT molecular complexity index is 1120. The van der Waals surface area contributed by atoms with Crippen LogP contribution >= 0.6 is 11.8 Å². The summed E-state index contributed by atoms with van der Waals surface area (Å²) in [6.45, 7) is 4.72. The first-order valence-electron chi connectivity index (χ1n) is 10.8. The SMILES string of the molecule is CCCCC1SC(=NN=Cc2ccc(C)cc2)N(Cc2cccc3ccccc23)C1=O. The van der Waals surface area contributed by atoms with Gasteiger partial charge in [-0.05, 0) is 35.2 Å². The Labute approximate surface area is 188 Å². The summed E-state index contributed by atoms with van der Waals surface area (Å²) in [7, 11) is 0. The molecule has 0 N–H and O–H groups in total. The zero-order chi connectivity index (χ0) is 21.6. The van der Waals surface area contributed by atoms with Crippen LogP contribution in [0.4, 0.5) is 0 Å². The van der Waals surface area contributed by atoms with E-state index in [9.17, 15) is 4.79 Å². The molecule has 3 aromatic carbocycles. The number of unbranched alkanes of at least 4 members (excludes halogenated alkanes) is 1. The van der Waals surface area contributed by atoms with Crippen molar-refractivity contribution in [3.63, 3.8) is 0 Å². The van der Waals surface area contributed by atoms with E-state index in [1.807, 2.05) is 30.3 Å². The molecule has 1 aliphatic heterocycles. The van der Waals surface area contributed by atoms with E-state index in [2.05, 4.69) is 60.4 Å². The summed E-state index contributed by atoms with van der Waals surface area (Å²) in [5, 5.41) is 11.7. The van der Waals surface area contributed by atoms with Crippen molar-refractivity contribution in [3.05, 3.63) is 83.4 Å². The number of rotatable bonds is 7. The molecule has 1 aliphatic rings. The lowest BCUT2D eigenvalue weighted by atomic mass is 10.0. The Kier molecular flexibility index (Phi) is 6.82. The van der Waals surface area contributed by atoms with Crippen LogP contribution in [-0.2, 0) is 11.3 Å². The maximum atomic E-state index is 13.2.